The Balaban J connectivity index is 1.38. The molecule has 3 aromatic carbocycles. The van der Waals surface area contributed by atoms with E-state index in [2.05, 4.69) is 24.3 Å². The van der Waals surface area contributed by atoms with Crippen LogP contribution in [-0.4, -0.2) is 69.1 Å². The van der Waals surface area contributed by atoms with Gasteiger partial charge in [-0.25, -0.2) is 0 Å². The molecule has 0 aromatic heterocycles. The zero-order valence-electron chi connectivity index (χ0n) is 20.8. The highest BCUT2D eigenvalue weighted by molar-refractivity contribution is 5.96. The minimum atomic E-state index is -0.144. The van der Waals surface area contributed by atoms with Gasteiger partial charge in [0.2, 0.25) is 11.7 Å². The number of amides is 2. The van der Waals surface area contributed by atoms with Crippen molar-refractivity contribution in [3.8, 4) is 28.4 Å². The number of rotatable bonds is 7. The monoisotopic (exact) mass is 486 g/mol. The Morgan fingerprint density at radius 3 is 1.94 bits per heavy atom. The highest BCUT2D eigenvalue weighted by Gasteiger charge is 2.26. The summed E-state index contributed by atoms with van der Waals surface area (Å²) in [6, 6.07) is 21.5. The fourth-order valence-electron chi connectivity index (χ4n) is 4.24. The zero-order valence-corrected chi connectivity index (χ0v) is 20.8. The Kier molecular flexibility index (Phi) is 7.90. The second-order valence-corrected chi connectivity index (χ2v) is 8.36. The van der Waals surface area contributed by atoms with Crippen molar-refractivity contribution >= 4 is 17.9 Å². The van der Waals surface area contributed by atoms with Gasteiger partial charge in [0, 0.05) is 37.8 Å². The molecule has 186 valence electrons. The summed E-state index contributed by atoms with van der Waals surface area (Å²) in [5.41, 5.74) is 3.64. The molecule has 0 spiro atoms. The maximum Gasteiger partial charge on any atom is 0.254 e. The van der Waals surface area contributed by atoms with E-state index in [9.17, 15) is 9.59 Å². The molecule has 3 aromatic rings. The molecular formula is C29H30N2O5. The number of carbonyl (C=O) groups is 2. The molecule has 1 aliphatic rings. The molecule has 1 fully saturated rings. The average molecular weight is 487 g/mol. The Morgan fingerprint density at radius 1 is 0.722 bits per heavy atom. The van der Waals surface area contributed by atoms with Crippen LogP contribution < -0.4 is 14.2 Å². The third kappa shape index (κ3) is 5.51. The summed E-state index contributed by atoms with van der Waals surface area (Å²) >= 11 is 0. The van der Waals surface area contributed by atoms with Gasteiger partial charge in [-0.2, -0.15) is 0 Å². The molecule has 1 saturated heterocycles. The van der Waals surface area contributed by atoms with E-state index >= 15 is 0 Å². The Labute approximate surface area is 211 Å². The molecule has 36 heavy (non-hydrogen) atoms. The van der Waals surface area contributed by atoms with Gasteiger partial charge in [0.25, 0.3) is 5.91 Å². The number of piperazine rings is 1. The van der Waals surface area contributed by atoms with Gasteiger partial charge >= 0.3 is 0 Å². The van der Waals surface area contributed by atoms with Crippen molar-refractivity contribution in [3.05, 3.63) is 83.9 Å². The first-order chi connectivity index (χ1) is 17.5. The molecule has 7 heteroatoms. The highest BCUT2D eigenvalue weighted by Crippen LogP contribution is 2.38. The van der Waals surface area contributed by atoms with Crippen molar-refractivity contribution in [3.63, 3.8) is 0 Å². The molecule has 0 aliphatic carbocycles. The maximum absolute atomic E-state index is 13.1. The molecule has 2 amide bonds. The SMILES string of the molecule is COc1cc(C(=O)N2CCN(C(=O)/C=C/c3cccc(-c4ccccc4)c3)CC2)cc(OC)c1OC. The molecule has 1 heterocycles. The van der Waals surface area contributed by atoms with Crippen molar-refractivity contribution in [2.75, 3.05) is 47.5 Å². The molecule has 0 unspecified atom stereocenters. The van der Waals surface area contributed by atoms with Crippen LogP contribution in [0.5, 0.6) is 17.2 Å². The molecule has 0 saturated carbocycles. The predicted molar refractivity (Wildman–Crippen MR) is 139 cm³/mol. The van der Waals surface area contributed by atoms with Gasteiger partial charge in [-0.05, 0) is 41.0 Å². The normalized spacial score (nSPS) is 13.5. The summed E-state index contributed by atoms with van der Waals surface area (Å²) in [5, 5.41) is 0. The number of hydrogen-bond acceptors (Lipinski definition) is 5. The first-order valence-corrected chi connectivity index (χ1v) is 11.8. The summed E-state index contributed by atoms with van der Waals surface area (Å²) in [5.74, 6) is 1.08. The van der Waals surface area contributed by atoms with Crippen LogP contribution in [-0.2, 0) is 4.79 Å². The Bertz CT molecular complexity index is 1220. The minimum absolute atomic E-state index is 0.0694. The lowest BCUT2D eigenvalue weighted by Gasteiger charge is -2.34. The van der Waals surface area contributed by atoms with Crippen LogP contribution in [0.1, 0.15) is 15.9 Å². The number of ether oxygens (including phenoxy) is 3. The van der Waals surface area contributed by atoms with E-state index in [1.807, 2.05) is 36.4 Å². The number of carbonyl (C=O) groups excluding carboxylic acids is 2. The van der Waals surface area contributed by atoms with E-state index < -0.39 is 0 Å². The lowest BCUT2D eigenvalue weighted by atomic mass is 10.0. The first-order valence-electron chi connectivity index (χ1n) is 11.8. The second kappa shape index (κ2) is 11.4. The van der Waals surface area contributed by atoms with E-state index in [4.69, 9.17) is 14.2 Å². The van der Waals surface area contributed by atoms with E-state index in [-0.39, 0.29) is 11.8 Å². The molecule has 0 radical (unpaired) electrons. The van der Waals surface area contributed by atoms with E-state index in [0.29, 0.717) is 49.0 Å². The Morgan fingerprint density at radius 2 is 1.33 bits per heavy atom. The van der Waals surface area contributed by atoms with Gasteiger partial charge in [0.05, 0.1) is 21.3 Å². The van der Waals surface area contributed by atoms with Gasteiger partial charge < -0.3 is 24.0 Å². The van der Waals surface area contributed by atoms with Gasteiger partial charge in [-0.3, -0.25) is 9.59 Å². The standard InChI is InChI=1S/C29H30N2O5/c1-34-25-19-24(20-26(35-2)28(25)36-3)29(33)31-16-14-30(15-17-31)27(32)13-12-21-8-7-11-23(18-21)22-9-5-4-6-10-22/h4-13,18-20H,14-17H2,1-3H3/b13-12+. The fraction of sp³-hybridized carbons (Fsp3) is 0.241. The molecule has 4 rings (SSSR count). The van der Waals surface area contributed by atoms with Crippen molar-refractivity contribution in [1.29, 1.82) is 0 Å². The van der Waals surface area contributed by atoms with Crippen LogP contribution in [0.15, 0.2) is 72.8 Å². The Hall–Kier alpha value is -4.26. The topological polar surface area (TPSA) is 68.3 Å². The van der Waals surface area contributed by atoms with Crippen LogP contribution in [0.2, 0.25) is 0 Å². The molecule has 0 atom stereocenters. The van der Waals surface area contributed by atoms with E-state index in [1.54, 1.807) is 28.0 Å². The lowest BCUT2D eigenvalue weighted by Crippen LogP contribution is -2.50. The maximum atomic E-state index is 13.1. The largest absolute Gasteiger partial charge is 0.493 e. The summed E-state index contributed by atoms with van der Waals surface area (Å²) in [4.78, 5) is 29.4. The molecule has 0 bridgehead atoms. The van der Waals surface area contributed by atoms with Crippen LogP contribution >= 0.6 is 0 Å². The van der Waals surface area contributed by atoms with Gasteiger partial charge in [-0.15, -0.1) is 0 Å². The summed E-state index contributed by atoms with van der Waals surface area (Å²) in [6.45, 7) is 1.81. The van der Waals surface area contributed by atoms with Crippen LogP contribution in [0, 0.1) is 0 Å². The zero-order chi connectivity index (χ0) is 25.5. The van der Waals surface area contributed by atoms with Crippen LogP contribution in [0.25, 0.3) is 17.2 Å². The highest BCUT2D eigenvalue weighted by atomic mass is 16.5. The molecule has 0 N–H and O–H groups in total. The summed E-state index contributed by atoms with van der Waals surface area (Å²) < 4.78 is 16.1. The number of benzene rings is 3. The average Bonchev–Trinajstić information content (AvgIpc) is 2.95. The smallest absolute Gasteiger partial charge is 0.254 e. The quantitative estimate of drug-likeness (QED) is 0.464. The summed E-state index contributed by atoms with van der Waals surface area (Å²) in [6.07, 6.45) is 3.43. The molecular weight excluding hydrogens is 456 g/mol. The third-order valence-corrected chi connectivity index (χ3v) is 6.20. The van der Waals surface area contributed by atoms with Crippen molar-refractivity contribution in [2.45, 2.75) is 0 Å². The second-order valence-electron chi connectivity index (χ2n) is 8.36. The number of hydrogen-bond donors (Lipinski definition) is 0. The van der Waals surface area contributed by atoms with Gasteiger partial charge in [-0.1, -0.05) is 48.5 Å². The summed E-state index contributed by atoms with van der Waals surface area (Å²) in [7, 11) is 4.55. The minimum Gasteiger partial charge on any atom is -0.493 e. The van der Waals surface area contributed by atoms with Gasteiger partial charge in [0.15, 0.2) is 11.5 Å². The fourth-order valence-corrected chi connectivity index (χ4v) is 4.24. The predicted octanol–water partition coefficient (Wildman–Crippen LogP) is 4.38. The van der Waals surface area contributed by atoms with Gasteiger partial charge in [0.1, 0.15) is 0 Å². The number of nitrogens with zero attached hydrogens (tertiary/aromatic N) is 2. The van der Waals surface area contributed by atoms with Crippen molar-refractivity contribution < 1.29 is 23.8 Å². The number of methoxy groups -OCH3 is 3. The van der Waals surface area contributed by atoms with Crippen molar-refractivity contribution in [2.24, 2.45) is 0 Å². The molecule has 7 nitrogen and oxygen atoms in total. The van der Waals surface area contributed by atoms with E-state index in [1.165, 1.54) is 21.3 Å². The third-order valence-electron chi connectivity index (χ3n) is 6.20. The van der Waals surface area contributed by atoms with Crippen LogP contribution in [0.3, 0.4) is 0 Å². The van der Waals surface area contributed by atoms with Crippen molar-refractivity contribution in [1.82, 2.24) is 9.80 Å². The lowest BCUT2D eigenvalue weighted by molar-refractivity contribution is -0.127. The van der Waals surface area contributed by atoms with Crippen LogP contribution in [0.4, 0.5) is 0 Å². The molecule has 1 aliphatic heterocycles. The van der Waals surface area contributed by atoms with E-state index in [0.717, 1.165) is 16.7 Å². The first kappa shape index (κ1) is 24.9.